The fourth-order valence-corrected chi connectivity index (χ4v) is 4.86. The zero-order chi connectivity index (χ0) is 25.0. The van der Waals surface area contributed by atoms with E-state index in [1.165, 1.54) is 12.1 Å². The topological polar surface area (TPSA) is 111 Å². The van der Waals surface area contributed by atoms with E-state index < -0.39 is 11.2 Å². The fraction of sp³-hybridized carbons (Fsp3) is 0.115. The Labute approximate surface area is 210 Å². The Bertz CT molecular complexity index is 1670. The second-order valence-corrected chi connectivity index (χ2v) is 9.22. The minimum Gasteiger partial charge on any atom is -0.383 e. The number of halogens is 2. The number of aromatic nitrogens is 5. The van der Waals surface area contributed by atoms with Crippen molar-refractivity contribution in [2.45, 2.75) is 18.8 Å². The van der Waals surface area contributed by atoms with Gasteiger partial charge in [-0.2, -0.15) is 0 Å². The van der Waals surface area contributed by atoms with Crippen LogP contribution in [0, 0.1) is 5.82 Å². The summed E-state index contributed by atoms with van der Waals surface area (Å²) < 4.78 is 15.4. The maximum Gasteiger partial charge on any atom is 0.240 e. The van der Waals surface area contributed by atoms with E-state index in [0.29, 0.717) is 45.4 Å². The van der Waals surface area contributed by atoms with Crippen molar-refractivity contribution in [2.75, 3.05) is 11.1 Å². The molecule has 0 bridgehead atoms. The van der Waals surface area contributed by atoms with E-state index in [4.69, 9.17) is 22.3 Å². The van der Waals surface area contributed by atoms with Crippen LogP contribution in [0.2, 0.25) is 5.02 Å². The maximum absolute atomic E-state index is 13.5. The number of hydrogen-bond donors (Lipinski definition) is 2. The molecule has 10 heteroatoms. The van der Waals surface area contributed by atoms with Gasteiger partial charge in [0.1, 0.15) is 28.6 Å². The molecule has 0 saturated heterocycles. The number of fused-ring (bicyclic) bond motifs is 2. The first-order valence-corrected chi connectivity index (χ1v) is 11.5. The third-order valence-corrected chi connectivity index (χ3v) is 6.71. The summed E-state index contributed by atoms with van der Waals surface area (Å²) in [7, 11) is 0. The SMILES string of the molecule is CC1(c2ccc(F)cc2)C(=O)Nc2nc(-c3cn4ccnc4c(Cc4cccc(Cl)c4)n3)nc(N)c21. The standard InChI is InChI=1S/C26H19ClFN7O/c1-26(15-5-7-17(28)8-6-15)20-21(29)32-22(33-23(20)34-25(26)36)19-13-35-10-9-30-24(35)18(31-19)12-14-3-2-4-16(27)11-14/h2-11,13H,12H2,1H3,(H3,29,32,33,34,36). The second kappa shape index (κ2) is 8.10. The fourth-order valence-electron chi connectivity index (χ4n) is 4.64. The molecule has 8 nitrogen and oxygen atoms in total. The van der Waals surface area contributed by atoms with Crippen molar-refractivity contribution in [3.63, 3.8) is 0 Å². The minimum absolute atomic E-state index is 0.143. The molecule has 36 heavy (non-hydrogen) atoms. The molecule has 6 rings (SSSR count). The molecule has 1 amide bonds. The minimum atomic E-state index is -1.16. The van der Waals surface area contributed by atoms with Gasteiger partial charge in [0.25, 0.3) is 0 Å². The van der Waals surface area contributed by atoms with Gasteiger partial charge in [-0.15, -0.1) is 0 Å². The summed E-state index contributed by atoms with van der Waals surface area (Å²) in [5.41, 5.74) is 9.14. The van der Waals surface area contributed by atoms with Crippen LogP contribution >= 0.6 is 11.6 Å². The van der Waals surface area contributed by atoms with E-state index in [0.717, 1.165) is 5.56 Å². The summed E-state index contributed by atoms with van der Waals surface area (Å²) in [5.74, 6) is -0.00259. The molecule has 4 heterocycles. The smallest absolute Gasteiger partial charge is 0.240 e. The Hall–Kier alpha value is -4.37. The summed E-state index contributed by atoms with van der Waals surface area (Å²) >= 11 is 6.17. The highest BCUT2D eigenvalue weighted by Gasteiger charge is 2.47. The number of benzene rings is 2. The molecule has 1 aliphatic heterocycles. The molecule has 3 aromatic heterocycles. The van der Waals surface area contributed by atoms with E-state index in [1.807, 2.05) is 34.9 Å². The van der Waals surface area contributed by atoms with E-state index >= 15 is 0 Å². The molecule has 5 aromatic rings. The van der Waals surface area contributed by atoms with Crippen molar-refractivity contribution < 1.29 is 9.18 Å². The highest BCUT2D eigenvalue weighted by Crippen LogP contribution is 2.44. The number of imidazole rings is 1. The van der Waals surface area contributed by atoms with Crippen LogP contribution < -0.4 is 11.1 Å². The van der Waals surface area contributed by atoms with Gasteiger partial charge < -0.3 is 15.5 Å². The van der Waals surface area contributed by atoms with Crippen molar-refractivity contribution in [1.82, 2.24) is 24.3 Å². The lowest BCUT2D eigenvalue weighted by molar-refractivity contribution is -0.119. The molecule has 1 atom stereocenters. The average molecular weight is 500 g/mol. The normalized spacial score (nSPS) is 16.8. The Morgan fingerprint density at radius 1 is 1.14 bits per heavy atom. The van der Waals surface area contributed by atoms with Gasteiger partial charge in [-0.25, -0.2) is 24.3 Å². The van der Waals surface area contributed by atoms with Crippen LogP contribution in [-0.4, -0.2) is 30.2 Å². The van der Waals surface area contributed by atoms with E-state index in [1.54, 1.807) is 31.5 Å². The highest BCUT2D eigenvalue weighted by molar-refractivity contribution is 6.30. The molecule has 178 valence electrons. The van der Waals surface area contributed by atoms with Gasteiger partial charge in [0, 0.05) is 30.0 Å². The first-order chi connectivity index (χ1) is 17.3. The number of nitrogens with zero attached hydrogens (tertiary/aromatic N) is 5. The number of nitrogens with one attached hydrogen (secondary N) is 1. The number of rotatable bonds is 4. The van der Waals surface area contributed by atoms with Gasteiger partial charge in [-0.05, 0) is 42.3 Å². The van der Waals surface area contributed by atoms with Crippen molar-refractivity contribution >= 4 is 34.8 Å². The Morgan fingerprint density at radius 3 is 2.72 bits per heavy atom. The van der Waals surface area contributed by atoms with Crippen LogP contribution in [0.4, 0.5) is 16.0 Å². The first-order valence-electron chi connectivity index (χ1n) is 11.2. The summed E-state index contributed by atoms with van der Waals surface area (Å²) in [6, 6.07) is 13.3. The number of hydrogen-bond acceptors (Lipinski definition) is 6. The zero-order valence-electron chi connectivity index (χ0n) is 19.0. The van der Waals surface area contributed by atoms with Crippen LogP contribution in [0.15, 0.2) is 67.1 Å². The van der Waals surface area contributed by atoms with Gasteiger partial charge in [-0.3, -0.25) is 4.79 Å². The average Bonchev–Trinajstić information content (AvgIpc) is 3.42. The number of carbonyl (C=O) groups is 1. The molecular formula is C26H19ClFN7O. The molecule has 0 fully saturated rings. The Kier molecular flexibility index (Phi) is 4.97. The number of anilines is 2. The van der Waals surface area contributed by atoms with Gasteiger partial charge in [0.15, 0.2) is 11.5 Å². The molecule has 1 unspecified atom stereocenters. The summed E-state index contributed by atoms with van der Waals surface area (Å²) in [6.45, 7) is 1.72. The van der Waals surface area contributed by atoms with Crippen LogP contribution in [0.1, 0.15) is 29.3 Å². The van der Waals surface area contributed by atoms with Crippen molar-refractivity contribution in [2.24, 2.45) is 0 Å². The largest absolute Gasteiger partial charge is 0.383 e. The number of nitrogens with two attached hydrogens (primary N) is 1. The van der Waals surface area contributed by atoms with E-state index in [-0.39, 0.29) is 17.5 Å². The zero-order valence-corrected chi connectivity index (χ0v) is 19.8. The van der Waals surface area contributed by atoms with Crippen LogP contribution in [0.5, 0.6) is 0 Å². The molecule has 0 spiro atoms. The lowest BCUT2D eigenvalue weighted by Gasteiger charge is -2.23. The summed E-state index contributed by atoms with van der Waals surface area (Å²) in [5, 5.41) is 3.46. The van der Waals surface area contributed by atoms with E-state index in [2.05, 4.69) is 20.3 Å². The number of amides is 1. The van der Waals surface area contributed by atoms with Crippen LogP contribution in [0.25, 0.3) is 17.2 Å². The number of carbonyl (C=O) groups excluding carboxylic acids is 1. The summed E-state index contributed by atoms with van der Waals surface area (Å²) in [4.78, 5) is 31.5. The lowest BCUT2D eigenvalue weighted by Crippen LogP contribution is -2.33. The predicted molar refractivity (Wildman–Crippen MR) is 134 cm³/mol. The molecule has 0 radical (unpaired) electrons. The first kappa shape index (κ1) is 22.1. The lowest BCUT2D eigenvalue weighted by atomic mass is 9.78. The molecule has 2 aromatic carbocycles. The van der Waals surface area contributed by atoms with Gasteiger partial charge in [0.05, 0.1) is 11.3 Å². The van der Waals surface area contributed by atoms with Gasteiger partial charge in [0.2, 0.25) is 5.91 Å². The molecule has 1 aliphatic rings. The number of nitrogen functional groups attached to an aromatic ring is 1. The van der Waals surface area contributed by atoms with Crippen molar-refractivity contribution in [3.8, 4) is 11.5 Å². The highest BCUT2D eigenvalue weighted by atomic mass is 35.5. The third kappa shape index (κ3) is 3.47. The van der Waals surface area contributed by atoms with E-state index in [9.17, 15) is 9.18 Å². The quantitative estimate of drug-likeness (QED) is 0.379. The third-order valence-electron chi connectivity index (χ3n) is 6.48. The van der Waals surface area contributed by atoms with Gasteiger partial charge >= 0.3 is 0 Å². The molecular weight excluding hydrogens is 481 g/mol. The Morgan fingerprint density at radius 2 is 1.94 bits per heavy atom. The second-order valence-electron chi connectivity index (χ2n) is 8.78. The monoisotopic (exact) mass is 499 g/mol. The summed E-state index contributed by atoms with van der Waals surface area (Å²) in [6.07, 6.45) is 5.76. The molecule has 0 saturated carbocycles. The maximum atomic E-state index is 13.5. The van der Waals surface area contributed by atoms with Crippen molar-refractivity contribution in [1.29, 1.82) is 0 Å². The van der Waals surface area contributed by atoms with Gasteiger partial charge in [-0.1, -0.05) is 35.9 Å². The van der Waals surface area contributed by atoms with Crippen molar-refractivity contribution in [3.05, 3.63) is 100 Å². The molecule has 3 N–H and O–H groups in total. The van der Waals surface area contributed by atoms with Crippen LogP contribution in [-0.2, 0) is 16.6 Å². The molecule has 0 aliphatic carbocycles. The predicted octanol–water partition coefficient (Wildman–Crippen LogP) is 4.41. The Balaban J connectivity index is 1.46. The van der Waals surface area contributed by atoms with Crippen LogP contribution in [0.3, 0.4) is 0 Å².